The van der Waals surface area contributed by atoms with Gasteiger partial charge in [0.1, 0.15) is 20.2 Å². The second-order valence-electron chi connectivity index (χ2n) is 8.31. The van der Waals surface area contributed by atoms with Crippen molar-refractivity contribution < 1.29 is 190 Å². The van der Waals surface area contributed by atoms with E-state index in [2.05, 4.69) is 10.2 Å². The maximum atomic E-state index is 13.1. The molecule has 1 aliphatic heterocycles. The van der Waals surface area contributed by atoms with Gasteiger partial charge in [-0.1, -0.05) is 12.2 Å². The number of nitrogens with zero attached hydrogens (tertiary/aromatic N) is 4. The fraction of sp³-hybridized carbons (Fsp3) is 0.125. The molecule has 0 spiro atoms. The van der Waals surface area contributed by atoms with Gasteiger partial charge in [0, 0.05) is 5.56 Å². The fourth-order valence-electron chi connectivity index (χ4n) is 3.82. The van der Waals surface area contributed by atoms with E-state index in [0.29, 0.717) is 17.0 Å². The minimum absolute atomic E-state index is 0. The van der Waals surface area contributed by atoms with Gasteiger partial charge < -0.3 is 14.2 Å². The van der Waals surface area contributed by atoms with Crippen LogP contribution in [0.15, 0.2) is 80.6 Å². The Morgan fingerprint density at radius 1 is 0.829 bits per heavy atom. The number of aryl methyl sites for hydroxylation is 1. The topological polar surface area (TPSA) is 188 Å². The second-order valence-corrected chi connectivity index (χ2v) is 11.1. The summed E-state index contributed by atoms with van der Waals surface area (Å²) >= 11 is 0. The van der Waals surface area contributed by atoms with Crippen LogP contribution in [0.5, 0.6) is 5.88 Å². The van der Waals surface area contributed by atoms with Crippen molar-refractivity contribution in [2.24, 2.45) is 5.10 Å². The van der Waals surface area contributed by atoms with Gasteiger partial charge in [-0.2, -0.15) is 15.2 Å². The van der Waals surface area contributed by atoms with Gasteiger partial charge in [0.25, 0.3) is 5.91 Å². The fourth-order valence-corrected chi connectivity index (χ4v) is 4.76. The van der Waals surface area contributed by atoms with Gasteiger partial charge in [-0.15, -0.1) is 0 Å². The number of aromatic nitrogens is 2. The Balaban J connectivity index is 0.00000280. The van der Waals surface area contributed by atoms with Crippen LogP contribution in [-0.4, -0.2) is 47.3 Å². The molecule has 41 heavy (non-hydrogen) atoms. The molecule has 0 saturated carbocycles. The van der Waals surface area contributed by atoms with Gasteiger partial charge >= 0.3 is 154 Å². The monoisotopic (exact) mass is 672 g/mol. The predicted molar refractivity (Wildman–Crippen MR) is 132 cm³/mol. The smallest absolute Gasteiger partial charge is 0.858 e. The molecule has 2 aromatic carbocycles. The van der Waals surface area contributed by atoms with Gasteiger partial charge in [-0.25, -0.2) is 21.5 Å². The molecule has 12 nitrogen and oxygen atoms in total. The molecule has 0 radical (unpaired) electrons. The summed E-state index contributed by atoms with van der Waals surface area (Å²) in [7, 11) is -9.26. The number of hydrogen-bond acceptors (Lipinski definition) is 10. The van der Waals surface area contributed by atoms with Crippen molar-refractivity contribution in [1.29, 1.82) is 0 Å². The Labute approximate surface area is 365 Å². The first kappa shape index (κ1) is 39.8. The molecular weight excluding hydrogens is 654 g/mol. The summed E-state index contributed by atoms with van der Waals surface area (Å²) in [6, 6.07) is 9.55. The van der Waals surface area contributed by atoms with Gasteiger partial charge in [0.15, 0.2) is 0 Å². The van der Waals surface area contributed by atoms with Crippen molar-refractivity contribution >= 4 is 43.6 Å². The number of carbonyl (C=O) groups is 1. The van der Waals surface area contributed by atoms with Gasteiger partial charge in [-0.05, 0) is 80.8 Å². The average molecular weight is 673 g/mol. The third-order valence-electron chi connectivity index (χ3n) is 5.71. The number of hydrazone groups is 1. The molecule has 0 atom stereocenters. The summed E-state index contributed by atoms with van der Waals surface area (Å²) in [5, 5.41) is 22.5. The number of amides is 1. The third-order valence-corrected chi connectivity index (χ3v) is 7.41. The molecule has 0 aliphatic carbocycles. The van der Waals surface area contributed by atoms with Crippen molar-refractivity contribution in [3.05, 3.63) is 77.0 Å². The number of rotatable bonds is 6. The minimum Gasteiger partial charge on any atom is -0.858 e. The summed E-state index contributed by atoms with van der Waals surface area (Å²) in [6.07, 6.45) is 3.06. The SMILES string of the molecule is CC1=NN(c2ccc(S(=O)(=O)[O-])cc2)C(=O)/C1=C(C)/C=C/c1c(C)nn(-c2ccc(S(=O)(=O)[O-])cc2)c1[O-].[K+].[K+].[K+]. The molecule has 0 unspecified atom stereocenters. The Morgan fingerprint density at radius 2 is 1.29 bits per heavy atom. The number of benzene rings is 2. The van der Waals surface area contributed by atoms with E-state index in [-0.39, 0.29) is 177 Å². The van der Waals surface area contributed by atoms with Crippen molar-refractivity contribution in [3.63, 3.8) is 0 Å². The van der Waals surface area contributed by atoms with E-state index in [1.165, 1.54) is 30.3 Å². The van der Waals surface area contributed by atoms with Crippen LogP contribution in [0.2, 0.25) is 0 Å². The Bertz CT molecular complexity index is 1770. The molecule has 2 heterocycles. The quantitative estimate of drug-likeness (QED) is 0.139. The summed E-state index contributed by atoms with van der Waals surface area (Å²) in [5.41, 5.74) is 2.30. The van der Waals surface area contributed by atoms with Crippen molar-refractivity contribution in [2.75, 3.05) is 5.01 Å². The molecular formula is C24H19K3N4O8S2. The first-order chi connectivity index (χ1) is 17.7. The molecule has 1 aliphatic rings. The standard InChI is InChI=1S/C24H22N4O8S2.3K/c1-14(22-16(3)26-28(24(22)30)18-7-11-20(12-8-18)38(34,35)36)4-13-21-15(2)25-27(23(21)29)17-5-9-19(10-6-17)37(31,32)33;;;/h4-13,29H,1-3H3,(H,31,32,33)(H,34,35,36);;;/q;3*+1/p-3/b13-4+,22-14+;;;. The van der Waals surface area contributed by atoms with Crippen molar-refractivity contribution in [1.82, 2.24) is 9.78 Å². The second kappa shape index (κ2) is 15.9. The molecule has 0 N–H and O–H groups in total. The van der Waals surface area contributed by atoms with Crippen LogP contribution in [0.3, 0.4) is 0 Å². The molecule has 198 valence electrons. The normalized spacial score (nSPS) is 14.7. The summed E-state index contributed by atoms with van der Waals surface area (Å²) in [5.74, 6) is -0.974. The van der Waals surface area contributed by atoms with Gasteiger partial charge in [0.2, 0.25) is 0 Å². The average Bonchev–Trinajstić information content (AvgIpc) is 3.30. The zero-order valence-electron chi connectivity index (χ0n) is 23.1. The van der Waals surface area contributed by atoms with Gasteiger partial charge in [0.05, 0.1) is 38.1 Å². The van der Waals surface area contributed by atoms with E-state index < -0.39 is 41.8 Å². The molecule has 1 amide bonds. The molecule has 0 bridgehead atoms. The van der Waals surface area contributed by atoms with Crippen LogP contribution in [0.1, 0.15) is 25.1 Å². The van der Waals surface area contributed by atoms with Crippen LogP contribution in [0.25, 0.3) is 11.8 Å². The van der Waals surface area contributed by atoms with Crippen LogP contribution in [0.4, 0.5) is 5.69 Å². The van der Waals surface area contributed by atoms with E-state index in [0.717, 1.165) is 34.0 Å². The molecule has 0 saturated heterocycles. The summed E-state index contributed by atoms with van der Waals surface area (Å²) < 4.78 is 67.9. The van der Waals surface area contributed by atoms with Crippen LogP contribution < -0.4 is 164 Å². The first-order valence-corrected chi connectivity index (χ1v) is 13.7. The number of anilines is 1. The van der Waals surface area contributed by atoms with Crippen LogP contribution in [-0.2, 0) is 25.0 Å². The zero-order chi connectivity index (χ0) is 28.0. The van der Waals surface area contributed by atoms with Crippen molar-refractivity contribution in [2.45, 2.75) is 30.6 Å². The van der Waals surface area contributed by atoms with Gasteiger partial charge in [-0.3, -0.25) is 4.79 Å². The Morgan fingerprint density at radius 3 is 1.76 bits per heavy atom. The predicted octanol–water partition coefficient (Wildman–Crippen LogP) is -7.17. The number of carbonyl (C=O) groups excluding carboxylic acids is 1. The Kier molecular flexibility index (Phi) is 15.4. The largest absolute Gasteiger partial charge is 1.00 e. The molecule has 4 rings (SSSR count). The van der Waals surface area contributed by atoms with E-state index >= 15 is 0 Å². The Hall–Kier alpha value is 0.799. The van der Waals surface area contributed by atoms with Crippen molar-refractivity contribution in [3.8, 4) is 11.6 Å². The minimum atomic E-state index is -4.63. The van der Waals surface area contributed by atoms with Crippen LogP contribution in [0, 0.1) is 6.92 Å². The summed E-state index contributed by atoms with van der Waals surface area (Å²) in [6.45, 7) is 4.89. The third kappa shape index (κ3) is 9.18. The maximum absolute atomic E-state index is 13.1. The van der Waals surface area contributed by atoms with E-state index in [1.54, 1.807) is 26.8 Å². The number of allylic oxidation sites excluding steroid dienone is 2. The van der Waals surface area contributed by atoms with Crippen LogP contribution >= 0.6 is 0 Å². The molecule has 3 aromatic rings. The first-order valence-electron chi connectivity index (χ1n) is 10.9. The van der Waals surface area contributed by atoms with E-state index in [4.69, 9.17) is 0 Å². The molecule has 1 aromatic heterocycles. The summed E-state index contributed by atoms with van der Waals surface area (Å²) in [4.78, 5) is 12.2. The molecule has 0 fully saturated rings. The number of hydrogen-bond donors (Lipinski definition) is 0. The van der Waals surface area contributed by atoms with E-state index in [1.807, 2.05) is 0 Å². The zero-order valence-corrected chi connectivity index (χ0v) is 34.1. The molecule has 17 heteroatoms. The maximum Gasteiger partial charge on any atom is 1.00 e. The van der Waals surface area contributed by atoms with E-state index in [9.17, 15) is 35.8 Å².